The van der Waals surface area contributed by atoms with E-state index >= 15 is 0 Å². The first-order chi connectivity index (χ1) is 13.6. The van der Waals surface area contributed by atoms with Gasteiger partial charge in [-0.1, -0.05) is 25.1 Å². The number of aryl methyl sites for hydroxylation is 1. The Morgan fingerprint density at radius 3 is 2.54 bits per heavy atom. The fourth-order valence-corrected chi connectivity index (χ4v) is 4.16. The van der Waals surface area contributed by atoms with Gasteiger partial charge in [0.25, 0.3) is 0 Å². The van der Waals surface area contributed by atoms with Gasteiger partial charge in [-0.15, -0.1) is 0 Å². The molecule has 6 nitrogen and oxygen atoms in total. The summed E-state index contributed by atoms with van der Waals surface area (Å²) < 4.78 is 0. The van der Waals surface area contributed by atoms with E-state index in [0.717, 1.165) is 38.2 Å². The van der Waals surface area contributed by atoms with Gasteiger partial charge < -0.3 is 15.5 Å². The smallest absolute Gasteiger partial charge is 0.313 e. The zero-order valence-electron chi connectivity index (χ0n) is 16.5. The second kappa shape index (κ2) is 9.82. The highest BCUT2D eigenvalue weighted by Crippen LogP contribution is 2.23. The lowest BCUT2D eigenvalue weighted by molar-refractivity contribution is -0.136. The van der Waals surface area contributed by atoms with Crippen molar-refractivity contribution < 1.29 is 9.59 Å². The predicted octanol–water partition coefficient (Wildman–Crippen LogP) is 2.35. The van der Waals surface area contributed by atoms with E-state index in [4.69, 9.17) is 0 Å². The van der Waals surface area contributed by atoms with Crippen molar-refractivity contribution in [3.63, 3.8) is 0 Å². The lowest BCUT2D eigenvalue weighted by Gasteiger charge is -2.37. The molecule has 1 unspecified atom stereocenters. The van der Waals surface area contributed by atoms with E-state index < -0.39 is 11.8 Å². The Morgan fingerprint density at radius 1 is 1.11 bits per heavy atom. The van der Waals surface area contributed by atoms with Crippen LogP contribution in [0.25, 0.3) is 0 Å². The number of para-hydroxylation sites is 1. The number of nitrogens with zero attached hydrogens (tertiary/aromatic N) is 2. The number of benzene rings is 1. The number of thiophene rings is 1. The van der Waals surface area contributed by atoms with Gasteiger partial charge in [0.05, 0.1) is 6.04 Å². The Kier molecular flexibility index (Phi) is 7.19. The van der Waals surface area contributed by atoms with Crippen LogP contribution < -0.4 is 10.6 Å². The second-order valence-electron chi connectivity index (χ2n) is 7.09. The molecule has 1 aromatic heterocycles. The first-order valence-electron chi connectivity index (χ1n) is 9.70. The maximum atomic E-state index is 12.4. The SMILES string of the molecule is CCc1ccccc1NC(=O)C(=O)NCC(c1ccsc1)N1CCN(C)CC1. The van der Waals surface area contributed by atoms with Crippen molar-refractivity contribution in [3.05, 3.63) is 52.2 Å². The number of nitrogens with one attached hydrogen (secondary N) is 2. The normalized spacial score (nSPS) is 16.5. The first-order valence-corrected chi connectivity index (χ1v) is 10.6. The minimum atomic E-state index is -0.622. The topological polar surface area (TPSA) is 64.7 Å². The summed E-state index contributed by atoms with van der Waals surface area (Å²) in [4.78, 5) is 29.5. The van der Waals surface area contributed by atoms with Crippen LogP contribution in [0.4, 0.5) is 5.69 Å². The molecule has 1 atom stereocenters. The van der Waals surface area contributed by atoms with E-state index in [-0.39, 0.29) is 6.04 Å². The van der Waals surface area contributed by atoms with Gasteiger partial charge in [-0.25, -0.2) is 0 Å². The summed E-state index contributed by atoms with van der Waals surface area (Å²) >= 11 is 1.65. The molecular formula is C21H28N4O2S. The molecule has 1 aliphatic heterocycles. The molecule has 0 bridgehead atoms. The molecule has 7 heteroatoms. The van der Waals surface area contributed by atoms with E-state index in [1.807, 2.05) is 31.2 Å². The van der Waals surface area contributed by atoms with Crippen molar-refractivity contribution in [1.29, 1.82) is 0 Å². The monoisotopic (exact) mass is 400 g/mol. The molecule has 3 rings (SSSR count). The van der Waals surface area contributed by atoms with Gasteiger partial charge in [0.2, 0.25) is 0 Å². The Labute approximate surface area is 170 Å². The molecule has 2 N–H and O–H groups in total. The Bertz CT molecular complexity index is 785. The summed E-state index contributed by atoms with van der Waals surface area (Å²) in [6.07, 6.45) is 0.793. The standard InChI is InChI=1S/C21H28N4O2S/c1-3-16-6-4-5-7-18(16)23-21(27)20(26)22-14-19(17-8-13-28-15-17)25-11-9-24(2)10-12-25/h4-8,13,15,19H,3,9-12,14H2,1-2H3,(H,22,26)(H,23,27). The summed E-state index contributed by atoms with van der Waals surface area (Å²) in [6.45, 7) is 6.34. The lowest BCUT2D eigenvalue weighted by Crippen LogP contribution is -2.49. The molecule has 1 aliphatic rings. The second-order valence-corrected chi connectivity index (χ2v) is 7.87. The van der Waals surface area contributed by atoms with Crippen LogP contribution in [0.15, 0.2) is 41.1 Å². The highest BCUT2D eigenvalue weighted by atomic mass is 32.1. The van der Waals surface area contributed by atoms with E-state index in [1.54, 1.807) is 11.3 Å². The van der Waals surface area contributed by atoms with Crippen LogP contribution in [-0.2, 0) is 16.0 Å². The number of hydrogen-bond donors (Lipinski definition) is 2. The van der Waals surface area contributed by atoms with Gasteiger partial charge in [-0.05, 0) is 47.5 Å². The zero-order chi connectivity index (χ0) is 19.9. The Morgan fingerprint density at radius 2 is 1.86 bits per heavy atom. The lowest BCUT2D eigenvalue weighted by atomic mass is 10.1. The minimum absolute atomic E-state index is 0.0830. The van der Waals surface area contributed by atoms with Gasteiger partial charge in [0.1, 0.15) is 0 Å². The van der Waals surface area contributed by atoms with Crippen LogP contribution in [0.3, 0.4) is 0 Å². The van der Waals surface area contributed by atoms with Crippen molar-refractivity contribution in [1.82, 2.24) is 15.1 Å². The number of piperazine rings is 1. The molecule has 28 heavy (non-hydrogen) atoms. The van der Waals surface area contributed by atoms with E-state index in [2.05, 4.69) is 44.3 Å². The number of hydrogen-bond acceptors (Lipinski definition) is 5. The van der Waals surface area contributed by atoms with Crippen LogP contribution in [0.2, 0.25) is 0 Å². The van der Waals surface area contributed by atoms with Gasteiger partial charge >= 0.3 is 11.8 Å². The number of amides is 2. The average Bonchev–Trinajstić information content (AvgIpc) is 3.24. The molecule has 1 saturated heterocycles. The maximum Gasteiger partial charge on any atom is 0.313 e. The highest BCUT2D eigenvalue weighted by Gasteiger charge is 2.25. The largest absolute Gasteiger partial charge is 0.346 e. The molecule has 1 aromatic carbocycles. The van der Waals surface area contributed by atoms with Gasteiger partial charge in [0.15, 0.2) is 0 Å². The molecule has 0 saturated carbocycles. The summed E-state index contributed by atoms with van der Waals surface area (Å²) in [6, 6.07) is 9.73. The van der Waals surface area contributed by atoms with Crippen molar-refractivity contribution in [2.75, 3.05) is 45.1 Å². The highest BCUT2D eigenvalue weighted by molar-refractivity contribution is 7.08. The van der Waals surface area contributed by atoms with Crippen LogP contribution in [-0.4, -0.2) is 61.4 Å². The predicted molar refractivity (Wildman–Crippen MR) is 114 cm³/mol. The summed E-state index contributed by atoms with van der Waals surface area (Å²) in [5.41, 5.74) is 2.89. The van der Waals surface area contributed by atoms with Crippen molar-refractivity contribution in [2.45, 2.75) is 19.4 Å². The summed E-state index contributed by atoms with van der Waals surface area (Å²) in [5, 5.41) is 9.74. The third kappa shape index (κ3) is 5.19. The number of carbonyl (C=O) groups is 2. The molecular weight excluding hydrogens is 372 g/mol. The van der Waals surface area contributed by atoms with Crippen LogP contribution in [0.5, 0.6) is 0 Å². The third-order valence-corrected chi connectivity index (χ3v) is 5.92. The molecule has 2 aromatic rings. The fourth-order valence-electron chi connectivity index (χ4n) is 3.46. The van der Waals surface area contributed by atoms with Gasteiger partial charge in [-0.2, -0.15) is 11.3 Å². The van der Waals surface area contributed by atoms with Crippen LogP contribution in [0, 0.1) is 0 Å². The van der Waals surface area contributed by atoms with Crippen molar-refractivity contribution >= 4 is 28.8 Å². The Balaban J connectivity index is 1.61. The van der Waals surface area contributed by atoms with Crippen LogP contribution in [0.1, 0.15) is 24.1 Å². The molecule has 0 radical (unpaired) electrons. The molecule has 150 valence electrons. The maximum absolute atomic E-state index is 12.4. The third-order valence-electron chi connectivity index (χ3n) is 5.22. The number of likely N-dealkylation sites (N-methyl/N-ethyl adjacent to an activating group) is 1. The van der Waals surface area contributed by atoms with E-state index in [9.17, 15) is 9.59 Å². The average molecular weight is 401 g/mol. The quantitative estimate of drug-likeness (QED) is 0.731. The zero-order valence-corrected chi connectivity index (χ0v) is 17.3. The van der Waals surface area contributed by atoms with Crippen molar-refractivity contribution in [2.24, 2.45) is 0 Å². The Hall–Kier alpha value is -2.22. The van der Waals surface area contributed by atoms with Crippen molar-refractivity contribution in [3.8, 4) is 0 Å². The van der Waals surface area contributed by atoms with E-state index in [1.165, 1.54) is 5.56 Å². The fraction of sp³-hybridized carbons (Fsp3) is 0.429. The molecule has 0 spiro atoms. The van der Waals surface area contributed by atoms with Crippen LogP contribution >= 0.6 is 11.3 Å². The molecule has 0 aliphatic carbocycles. The van der Waals surface area contributed by atoms with E-state index in [0.29, 0.717) is 12.2 Å². The molecule has 2 amide bonds. The number of carbonyl (C=O) groups excluding carboxylic acids is 2. The first kappa shape index (κ1) is 20.5. The minimum Gasteiger partial charge on any atom is -0.346 e. The van der Waals surface area contributed by atoms with Gasteiger partial charge in [0, 0.05) is 38.4 Å². The molecule has 2 heterocycles. The summed E-state index contributed by atoms with van der Waals surface area (Å²) in [5.74, 6) is -1.22. The molecule has 1 fully saturated rings. The van der Waals surface area contributed by atoms with Gasteiger partial charge in [-0.3, -0.25) is 14.5 Å². The summed E-state index contributed by atoms with van der Waals surface area (Å²) in [7, 11) is 2.12. The number of rotatable bonds is 6. The number of anilines is 1.